The van der Waals surface area contributed by atoms with Crippen LogP contribution >= 0.6 is 15.9 Å². The van der Waals surface area contributed by atoms with Gasteiger partial charge in [0.25, 0.3) is 0 Å². The fourth-order valence-corrected chi connectivity index (χ4v) is 3.82. The highest BCUT2D eigenvalue weighted by molar-refractivity contribution is 9.10. The minimum Gasteiger partial charge on any atom is -0.329 e. The van der Waals surface area contributed by atoms with Crippen molar-refractivity contribution in [3.8, 4) is 0 Å². The molecule has 1 aliphatic rings. The maximum absolute atomic E-state index is 13.3. The SMILES string of the molecule is CN(C)CC1CCN(C(CN)c2ccc(F)cc2Br)CC1. The van der Waals surface area contributed by atoms with Gasteiger partial charge in [-0.05, 0) is 63.6 Å². The van der Waals surface area contributed by atoms with E-state index in [9.17, 15) is 4.39 Å². The number of nitrogens with zero attached hydrogens (tertiary/aromatic N) is 2. The molecule has 3 nitrogen and oxygen atoms in total. The number of halogens is 2. The van der Waals surface area contributed by atoms with Crippen molar-refractivity contribution in [3.63, 3.8) is 0 Å². The zero-order valence-electron chi connectivity index (χ0n) is 12.9. The van der Waals surface area contributed by atoms with E-state index >= 15 is 0 Å². The minimum absolute atomic E-state index is 0.167. The maximum atomic E-state index is 13.3. The summed E-state index contributed by atoms with van der Waals surface area (Å²) in [6, 6.07) is 5.06. The van der Waals surface area contributed by atoms with Crippen LogP contribution in [0.5, 0.6) is 0 Å². The van der Waals surface area contributed by atoms with Gasteiger partial charge < -0.3 is 10.6 Å². The van der Waals surface area contributed by atoms with Gasteiger partial charge in [-0.2, -0.15) is 0 Å². The first-order valence-electron chi connectivity index (χ1n) is 7.55. The van der Waals surface area contributed by atoms with Crippen LogP contribution in [0, 0.1) is 11.7 Å². The van der Waals surface area contributed by atoms with Gasteiger partial charge in [0.2, 0.25) is 0 Å². The number of likely N-dealkylation sites (tertiary alicyclic amines) is 1. The number of hydrogen-bond donors (Lipinski definition) is 1. The second kappa shape index (κ2) is 7.68. The number of piperidine rings is 1. The van der Waals surface area contributed by atoms with Gasteiger partial charge in [-0.15, -0.1) is 0 Å². The van der Waals surface area contributed by atoms with Crippen LogP contribution in [-0.4, -0.2) is 50.1 Å². The second-order valence-electron chi connectivity index (χ2n) is 6.16. The van der Waals surface area contributed by atoms with Crippen molar-refractivity contribution in [2.24, 2.45) is 11.7 Å². The normalized spacial score (nSPS) is 19.1. The van der Waals surface area contributed by atoms with E-state index in [1.54, 1.807) is 0 Å². The highest BCUT2D eigenvalue weighted by Gasteiger charge is 2.26. The van der Waals surface area contributed by atoms with Crippen LogP contribution < -0.4 is 5.73 Å². The van der Waals surface area contributed by atoms with Gasteiger partial charge in [-0.25, -0.2) is 4.39 Å². The lowest BCUT2D eigenvalue weighted by atomic mass is 9.94. The molecule has 0 aromatic heterocycles. The quantitative estimate of drug-likeness (QED) is 0.879. The Morgan fingerprint density at radius 2 is 2.05 bits per heavy atom. The summed E-state index contributed by atoms with van der Waals surface area (Å²) in [4.78, 5) is 4.70. The van der Waals surface area contributed by atoms with E-state index in [0.29, 0.717) is 6.54 Å². The largest absolute Gasteiger partial charge is 0.329 e. The maximum Gasteiger partial charge on any atom is 0.124 e. The van der Waals surface area contributed by atoms with E-state index < -0.39 is 0 Å². The first kappa shape index (κ1) is 16.9. The molecule has 1 aliphatic heterocycles. The van der Waals surface area contributed by atoms with E-state index in [1.807, 2.05) is 6.07 Å². The van der Waals surface area contributed by atoms with Crippen LogP contribution in [-0.2, 0) is 0 Å². The molecule has 118 valence electrons. The molecule has 0 radical (unpaired) electrons. The Morgan fingerprint density at radius 1 is 1.38 bits per heavy atom. The summed E-state index contributed by atoms with van der Waals surface area (Å²) in [6.45, 7) is 3.83. The Labute approximate surface area is 135 Å². The molecule has 5 heteroatoms. The summed E-state index contributed by atoms with van der Waals surface area (Å²) in [5, 5.41) is 0. The highest BCUT2D eigenvalue weighted by atomic mass is 79.9. The summed E-state index contributed by atoms with van der Waals surface area (Å²) < 4.78 is 14.1. The van der Waals surface area contributed by atoms with E-state index in [-0.39, 0.29) is 11.9 Å². The minimum atomic E-state index is -0.217. The summed E-state index contributed by atoms with van der Waals surface area (Å²) in [5.41, 5.74) is 7.08. The van der Waals surface area contributed by atoms with Gasteiger partial charge in [0.15, 0.2) is 0 Å². The number of hydrogen-bond acceptors (Lipinski definition) is 3. The zero-order valence-corrected chi connectivity index (χ0v) is 14.4. The molecular formula is C16H25BrFN3. The summed E-state index contributed by atoms with van der Waals surface area (Å²) in [5.74, 6) is 0.553. The van der Waals surface area contributed by atoms with Crippen LogP contribution in [0.2, 0.25) is 0 Å². The lowest BCUT2D eigenvalue weighted by Gasteiger charge is -2.38. The number of rotatable bonds is 5. The van der Waals surface area contributed by atoms with Crippen LogP contribution in [0.25, 0.3) is 0 Å². The predicted molar refractivity (Wildman–Crippen MR) is 88.7 cm³/mol. The van der Waals surface area contributed by atoms with Crippen molar-refractivity contribution < 1.29 is 4.39 Å². The smallest absolute Gasteiger partial charge is 0.124 e. The Balaban J connectivity index is 2.02. The topological polar surface area (TPSA) is 32.5 Å². The van der Waals surface area contributed by atoms with Gasteiger partial charge in [0.05, 0.1) is 0 Å². The average Bonchev–Trinajstić information content (AvgIpc) is 2.43. The third kappa shape index (κ3) is 4.49. The van der Waals surface area contributed by atoms with Crippen molar-refractivity contribution in [3.05, 3.63) is 34.1 Å². The average molecular weight is 358 g/mol. The van der Waals surface area contributed by atoms with Gasteiger partial charge in [0.1, 0.15) is 5.82 Å². The molecule has 1 unspecified atom stereocenters. The number of nitrogens with two attached hydrogens (primary N) is 1. The molecule has 0 aliphatic carbocycles. The molecule has 0 amide bonds. The molecule has 0 bridgehead atoms. The Kier molecular flexibility index (Phi) is 6.17. The third-order valence-electron chi connectivity index (χ3n) is 4.26. The van der Waals surface area contributed by atoms with Gasteiger partial charge in [-0.1, -0.05) is 22.0 Å². The summed E-state index contributed by atoms with van der Waals surface area (Å²) in [7, 11) is 4.26. The Hall–Kier alpha value is -0.490. The summed E-state index contributed by atoms with van der Waals surface area (Å²) >= 11 is 3.47. The van der Waals surface area contributed by atoms with Crippen molar-refractivity contribution in [1.82, 2.24) is 9.80 Å². The third-order valence-corrected chi connectivity index (χ3v) is 4.94. The molecule has 1 aromatic rings. The van der Waals surface area contributed by atoms with Crippen LogP contribution in [0.1, 0.15) is 24.4 Å². The lowest BCUT2D eigenvalue weighted by molar-refractivity contribution is 0.122. The molecule has 1 saturated heterocycles. The highest BCUT2D eigenvalue weighted by Crippen LogP contribution is 2.31. The van der Waals surface area contributed by atoms with Crippen LogP contribution in [0.15, 0.2) is 22.7 Å². The number of benzene rings is 1. The zero-order chi connectivity index (χ0) is 15.4. The molecule has 1 aromatic carbocycles. The monoisotopic (exact) mass is 357 g/mol. The second-order valence-corrected chi connectivity index (χ2v) is 7.01. The molecule has 1 fully saturated rings. The van der Waals surface area contributed by atoms with Gasteiger partial charge >= 0.3 is 0 Å². The van der Waals surface area contributed by atoms with Crippen molar-refractivity contribution >= 4 is 15.9 Å². The molecule has 0 saturated carbocycles. The van der Waals surface area contributed by atoms with Crippen LogP contribution in [0.4, 0.5) is 4.39 Å². The molecule has 2 rings (SSSR count). The fourth-order valence-electron chi connectivity index (χ4n) is 3.21. The fraction of sp³-hybridized carbons (Fsp3) is 0.625. The standard InChI is InChI=1S/C16H25BrFN3/c1-20(2)11-12-5-7-21(8-6-12)16(10-19)14-4-3-13(18)9-15(14)17/h3-4,9,12,16H,5-8,10-11,19H2,1-2H3. The molecular weight excluding hydrogens is 333 g/mol. The molecule has 2 N–H and O–H groups in total. The molecule has 1 heterocycles. The van der Waals surface area contributed by atoms with E-state index in [4.69, 9.17) is 5.73 Å². The molecule has 21 heavy (non-hydrogen) atoms. The Bertz CT molecular complexity index is 459. The van der Waals surface area contributed by atoms with E-state index in [1.165, 1.54) is 25.0 Å². The van der Waals surface area contributed by atoms with E-state index in [2.05, 4.69) is 39.8 Å². The predicted octanol–water partition coefficient (Wildman–Crippen LogP) is 2.86. The first-order chi connectivity index (χ1) is 10.0. The van der Waals surface area contributed by atoms with Crippen molar-refractivity contribution in [2.75, 3.05) is 40.3 Å². The van der Waals surface area contributed by atoms with Gasteiger partial charge in [-0.3, -0.25) is 4.90 Å². The van der Waals surface area contributed by atoms with Crippen molar-refractivity contribution in [2.45, 2.75) is 18.9 Å². The lowest BCUT2D eigenvalue weighted by Crippen LogP contribution is -2.41. The Morgan fingerprint density at radius 3 is 2.57 bits per heavy atom. The molecule has 0 spiro atoms. The molecule has 1 atom stereocenters. The van der Waals surface area contributed by atoms with Crippen LogP contribution in [0.3, 0.4) is 0 Å². The van der Waals surface area contributed by atoms with E-state index in [0.717, 1.165) is 35.6 Å². The summed E-state index contributed by atoms with van der Waals surface area (Å²) in [6.07, 6.45) is 2.40. The van der Waals surface area contributed by atoms with Crippen molar-refractivity contribution in [1.29, 1.82) is 0 Å². The van der Waals surface area contributed by atoms with Gasteiger partial charge in [0, 0.05) is 23.6 Å². The first-order valence-corrected chi connectivity index (χ1v) is 8.34.